The van der Waals surface area contributed by atoms with Gasteiger partial charge in [0.1, 0.15) is 0 Å². The van der Waals surface area contributed by atoms with Crippen LogP contribution >= 0.6 is 11.8 Å². The second-order valence-corrected chi connectivity index (χ2v) is 7.51. The maximum atomic E-state index is 5.43. The zero-order chi connectivity index (χ0) is 18.2. The van der Waals surface area contributed by atoms with E-state index in [2.05, 4.69) is 60.0 Å². The summed E-state index contributed by atoms with van der Waals surface area (Å²) in [7, 11) is 0. The molecule has 0 atom stereocenters. The number of rotatable bonds is 2. The molecule has 132 valence electrons. The molecule has 0 radical (unpaired) electrons. The van der Waals surface area contributed by atoms with E-state index in [0.717, 1.165) is 12.1 Å². The molecule has 0 aliphatic heterocycles. The Bertz CT molecular complexity index is 830. The van der Waals surface area contributed by atoms with Crippen LogP contribution in [0, 0.1) is 6.92 Å². The molecule has 0 saturated carbocycles. The van der Waals surface area contributed by atoms with Crippen molar-refractivity contribution < 1.29 is 0 Å². The number of hydrogen-bond donors (Lipinski definition) is 1. The van der Waals surface area contributed by atoms with E-state index in [1.165, 1.54) is 34.4 Å². The number of anilines is 1. The molecule has 3 aromatic rings. The lowest BCUT2D eigenvalue weighted by Crippen LogP contribution is -2.04. The van der Waals surface area contributed by atoms with E-state index in [1.807, 2.05) is 43.0 Å². The number of nitrogens with two attached hydrogens (primary N) is 1. The van der Waals surface area contributed by atoms with Crippen molar-refractivity contribution in [1.29, 1.82) is 0 Å². The minimum atomic E-state index is 0.829. The fraction of sp³-hybridized carbons (Fsp3) is 0.167. The molecule has 3 aromatic carbocycles. The van der Waals surface area contributed by atoms with Gasteiger partial charge in [-0.3, -0.25) is 0 Å². The first-order valence-electron chi connectivity index (χ1n) is 8.99. The first-order valence-corrected chi connectivity index (χ1v) is 9.87. The highest BCUT2D eigenvalue weighted by Crippen LogP contribution is 2.28. The maximum Gasteiger partial charge on any atom is 0.0314 e. The Morgan fingerprint density at radius 3 is 2.12 bits per heavy atom. The van der Waals surface area contributed by atoms with Crippen LogP contribution in [0.3, 0.4) is 0 Å². The molecule has 1 aliphatic rings. The quantitative estimate of drug-likeness (QED) is 0.421. The standard InChI is InChI=1S/C17H16S.C7H9N/c1-2-8-17(9-3-1)18-13-14-10-11-15-6-4-5-7-16(15)12-14;1-6-2-4-7(8)5-3-6/h1-9,13H,10-12H2;2-5H,8H2,1H3/b14-13+;. The molecular formula is C24H25NS. The molecule has 0 unspecified atom stereocenters. The molecule has 2 heteroatoms. The van der Waals surface area contributed by atoms with Crippen molar-refractivity contribution >= 4 is 17.4 Å². The summed E-state index contributed by atoms with van der Waals surface area (Å²) >= 11 is 1.84. The number of thioether (sulfide) groups is 1. The van der Waals surface area contributed by atoms with Gasteiger partial charge in [0.2, 0.25) is 0 Å². The van der Waals surface area contributed by atoms with Crippen LogP contribution in [0.25, 0.3) is 0 Å². The largest absolute Gasteiger partial charge is 0.399 e. The lowest BCUT2D eigenvalue weighted by Gasteiger charge is -2.18. The van der Waals surface area contributed by atoms with Gasteiger partial charge in [-0.15, -0.1) is 0 Å². The van der Waals surface area contributed by atoms with Crippen molar-refractivity contribution in [3.8, 4) is 0 Å². The smallest absolute Gasteiger partial charge is 0.0314 e. The van der Waals surface area contributed by atoms with E-state index in [1.54, 1.807) is 5.57 Å². The molecule has 2 N–H and O–H groups in total. The zero-order valence-electron chi connectivity index (χ0n) is 15.2. The summed E-state index contributed by atoms with van der Waals surface area (Å²) in [5, 5.41) is 2.34. The van der Waals surface area contributed by atoms with Gasteiger partial charge in [-0.2, -0.15) is 0 Å². The van der Waals surface area contributed by atoms with Gasteiger partial charge >= 0.3 is 0 Å². The van der Waals surface area contributed by atoms with Crippen molar-refractivity contribution in [2.75, 3.05) is 5.73 Å². The van der Waals surface area contributed by atoms with Crippen molar-refractivity contribution in [3.63, 3.8) is 0 Å². The zero-order valence-corrected chi connectivity index (χ0v) is 16.0. The first-order chi connectivity index (χ1) is 12.7. The van der Waals surface area contributed by atoms with E-state index in [4.69, 9.17) is 5.73 Å². The third kappa shape index (κ3) is 5.53. The Kier molecular flexibility index (Phi) is 6.56. The van der Waals surface area contributed by atoms with Gasteiger partial charge in [0.25, 0.3) is 0 Å². The number of fused-ring (bicyclic) bond motifs is 1. The van der Waals surface area contributed by atoms with Crippen molar-refractivity contribution in [2.24, 2.45) is 0 Å². The SMILES string of the molecule is C(/Sc1ccccc1)=C1/CCc2ccccc2C1.Cc1ccc(N)cc1. The third-order valence-electron chi connectivity index (χ3n) is 4.43. The van der Waals surface area contributed by atoms with E-state index in [0.29, 0.717) is 0 Å². The number of benzene rings is 3. The Morgan fingerprint density at radius 2 is 1.42 bits per heavy atom. The third-order valence-corrected chi connectivity index (χ3v) is 5.43. The van der Waals surface area contributed by atoms with Crippen LogP contribution in [0.15, 0.2) is 94.7 Å². The first kappa shape index (κ1) is 18.3. The fourth-order valence-electron chi connectivity index (χ4n) is 2.92. The molecular weight excluding hydrogens is 334 g/mol. The number of allylic oxidation sites excluding steroid dienone is 1. The van der Waals surface area contributed by atoms with Gasteiger partial charge in [0.05, 0.1) is 0 Å². The number of nitrogen functional groups attached to an aromatic ring is 1. The van der Waals surface area contributed by atoms with Crippen LogP contribution in [0.2, 0.25) is 0 Å². The molecule has 26 heavy (non-hydrogen) atoms. The number of hydrogen-bond acceptors (Lipinski definition) is 2. The molecule has 0 heterocycles. The number of aryl methyl sites for hydroxylation is 2. The predicted molar refractivity (Wildman–Crippen MR) is 114 cm³/mol. The van der Waals surface area contributed by atoms with Crippen LogP contribution in [-0.4, -0.2) is 0 Å². The highest BCUT2D eigenvalue weighted by molar-refractivity contribution is 8.02. The monoisotopic (exact) mass is 359 g/mol. The van der Waals surface area contributed by atoms with Gasteiger partial charge in [0, 0.05) is 10.6 Å². The van der Waals surface area contributed by atoms with Gasteiger partial charge in [-0.25, -0.2) is 0 Å². The lowest BCUT2D eigenvalue weighted by atomic mass is 9.89. The van der Waals surface area contributed by atoms with Crippen LogP contribution in [-0.2, 0) is 12.8 Å². The molecule has 0 fully saturated rings. The Morgan fingerprint density at radius 1 is 0.769 bits per heavy atom. The average Bonchev–Trinajstić information content (AvgIpc) is 2.70. The normalized spacial score (nSPS) is 14.3. The van der Waals surface area contributed by atoms with Gasteiger partial charge in [-0.05, 0) is 67.0 Å². The van der Waals surface area contributed by atoms with Gasteiger partial charge in [0.15, 0.2) is 0 Å². The van der Waals surface area contributed by atoms with E-state index < -0.39 is 0 Å². The fourth-order valence-corrected chi connectivity index (χ4v) is 3.74. The Labute approximate surface area is 161 Å². The second-order valence-electron chi connectivity index (χ2n) is 6.56. The summed E-state index contributed by atoms with van der Waals surface area (Å²) < 4.78 is 0. The van der Waals surface area contributed by atoms with Gasteiger partial charge < -0.3 is 5.73 Å². The summed E-state index contributed by atoms with van der Waals surface area (Å²) in [6.07, 6.45) is 3.52. The molecule has 1 aliphatic carbocycles. The van der Waals surface area contributed by atoms with Crippen molar-refractivity contribution in [3.05, 3.63) is 107 Å². The molecule has 0 bridgehead atoms. The van der Waals surface area contributed by atoms with E-state index in [-0.39, 0.29) is 0 Å². The molecule has 0 amide bonds. The molecule has 0 saturated heterocycles. The summed E-state index contributed by atoms with van der Waals surface area (Å²) in [6.45, 7) is 2.04. The minimum Gasteiger partial charge on any atom is -0.399 e. The Hall–Kier alpha value is -2.45. The highest BCUT2D eigenvalue weighted by atomic mass is 32.2. The van der Waals surface area contributed by atoms with Crippen molar-refractivity contribution in [1.82, 2.24) is 0 Å². The van der Waals surface area contributed by atoms with Crippen LogP contribution in [0.4, 0.5) is 5.69 Å². The van der Waals surface area contributed by atoms with Gasteiger partial charge in [-0.1, -0.05) is 77.5 Å². The van der Waals surface area contributed by atoms with Crippen molar-refractivity contribution in [2.45, 2.75) is 31.1 Å². The molecule has 0 spiro atoms. The van der Waals surface area contributed by atoms with E-state index >= 15 is 0 Å². The minimum absolute atomic E-state index is 0.829. The predicted octanol–water partition coefficient (Wildman–Crippen LogP) is 6.43. The Balaban J connectivity index is 0.000000206. The molecule has 4 rings (SSSR count). The highest BCUT2D eigenvalue weighted by Gasteiger charge is 2.11. The van der Waals surface area contributed by atoms with Crippen LogP contribution in [0.1, 0.15) is 23.1 Å². The molecule has 1 nitrogen and oxygen atoms in total. The summed E-state index contributed by atoms with van der Waals surface area (Å²) in [5.74, 6) is 0. The summed E-state index contributed by atoms with van der Waals surface area (Å²) in [4.78, 5) is 1.32. The second kappa shape index (κ2) is 9.30. The topological polar surface area (TPSA) is 26.0 Å². The van der Waals surface area contributed by atoms with Crippen LogP contribution in [0.5, 0.6) is 0 Å². The lowest BCUT2D eigenvalue weighted by molar-refractivity contribution is 0.839. The summed E-state index contributed by atoms with van der Waals surface area (Å²) in [6, 6.07) is 27.2. The average molecular weight is 360 g/mol. The van der Waals surface area contributed by atoms with E-state index in [9.17, 15) is 0 Å². The maximum absolute atomic E-state index is 5.43. The van der Waals surface area contributed by atoms with Crippen LogP contribution < -0.4 is 5.73 Å². The molecule has 0 aromatic heterocycles. The summed E-state index contributed by atoms with van der Waals surface area (Å²) in [5.41, 5.74) is 12.1.